The summed E-state index contributed by atoms with van der Waals surface area (Å²) < 4.78 is 5.58. The number of nitrogens with zero attached hydrogens (tertiary/aromatic N) is 1. The molecular formula is C16H14N2O2. The van der Waals surface area contributed by atoms with Crippen LogP contribution < -0.4 is 10.6 Å². The Bertz CT molecular complexity index is 763. The average molecular weight is 266 g/mol. The zero-order valence-electron chi connectivity index (χ0n) is 11.0. The zero-order valence-corrected chi connectivity index (χ0v) is 11.0. The molecule has 0 saturated heterocycles. The molecule has 1 aromatic heterocycles. The second-order valence-corrected chi connectivity index (χ2v) is 4.61. The van der Waals surface area contributed by atoms with Crippen molar-refractivity contribution in [2.24, 2.45) is 0 Å². The van der Waals surface area contributed by atoms with Crippen molar-refractivity contribution in [1.82, 2.24) is 0 Å². The number of benzene rings is 2. The molecule has 1 amide bonds. The van der Waals surface area contributed by atoms with Gasteiger partial charge in [-0.05, 0) is 36.4 Å². The molecule has 0 bridgehead atoms. The van der Waals surface area contributed by atoms with Crippen LogP contribution in [0.25, 0.3) is 11.0 Å². The van der Waals surface area contributed by atoms with Gasteiger partial charge in [-0.1, -0.05) is 18.2 Å². The number of anilines is 2. The molecule has 20 heavy (non-hydrogen) atoms. The van der Waals surface area contributed by atoms with Gasteiger partial charge in [0.2, 0.25) is 0 Å². The molecular weight excluding hydrogens is 252 g/mol. The third-order valence-corrected chi connectivity index (χ3v) is 3.20. The Morgan fingerprint density at radius 2 is 1.85 bits per heavy atom. The minimum Gasteiger partial charge on any atom is -0.451 e. The van der Waals surface area contributed by atoms with Gasteiger partial charge in [0.05, 0.1) is 0 Å². The molecule has 0 atom stereocenters. The number of para-hydroxylation sites is 1. The highest BCUT2D eigenvalue weighted by molar-refractivity contribution is 6.06. The first-order valence-electron chi connectivity index (χ1n) is 6.27. The number of rotatable bonds is 2. The third kappa shape index (κ3) is 2.12. The van der Waals surface area contributed by atoms with Crippen LogP contribution in [-0.4, -0.2) is 13.0 Å². The van der Waals surface area contributed by atoms with Crippen LogP contribution in [0.15, 0.2) is 59.0 Å². The first-order valence-corrected chi connectivity index (χ1v) is 6.27. The quantitative estimate of drug-likeness (QED) is 0.724. The van der Waals surface area contributed by atoms with E-state index in [4.69, 9.17) is 10.2 Å². The van der Waals surface area contributed by atoms with Crippen LogP contribution >= 0.6 is 0 Å². The first-order chi connectivity index (χ1) is 9.65. The molecule has 0 radical (unpaired) electrons. The highest BCUT2D eigenvalue weighted by Crippen LogP contribution is 2.23. The van der Waals surface area contributed by atoms with E-state index in [2.05, 4.69) is 0 Å². The van der Waals surface area contributed by atoms with E-state index in [0.29, 0.717) is 17.0 Å². The van der Waals surface area contributed by atoms with Gasteiger partial charge in [0.25, 0.3) is 5.91 Å². The lowest BCUT2D eigenvalue weighted by Crippen LogP contribution is -2.25. The molecule has 0 aliphatic heterocycles. The van der Waals surface area contributed by atoms with Gasteiger partial charge in [0.15, 0.2) is 5.76 Å². The molecule has 0 saturated carbocycles. The van der Waals surface area contributed by atoms with Crippen LogP contribution in [0.2, 0.25) is 0 Å². The Kier molecular flexibility index (Phi) is 2.91. The topological polar surface area (TPSA) is 59.5 Å². The summed E-state index contributed by atoms with van der Waals surface area (Å²) in [4.78, 5) is 14.0. The van der Waals surface area contributed by atoms with Gasteiger partial charge in [-0.3, -0.25) is 4.79 Å². The molecule has 0 spiro atoms. The summed E-state index contributed by atoms with van der Waals surface area (Å²) in [6.07, 6.45) is 0. The predicted molar refractivity (Wildman–Crippen MR) is 79.8 cm³/mol. The van der Waals surface area contributed by atoms with Gasteiger partial charge in [-0.25, -0.2) is 0 Å². The summed E-state index contributed by atoms with van der Waals surface area (Å²) in [5, 5.41) is 0.829. The highest BCUT2D eigenvalue weighted by Gasteiger charge is 2.17. The van der Waals surface area contributed by atoms with Crippen molar-refractivity contribution in [1.29, 1.82) is 0 Å². The van der Waals surface area contributed by atoms with Crippen molar-refractivity contribution in [2.75, 3.05) is 17.7 Å². The van der Waals surface area contributed by atoms with Crippen molar-refractivity contribution < 1.29 is 9.21 Å². The second-order valence-electron chi connectivity index (χ2n) is 4.61. The van der Waals surface area contributed by atoms with Gasteiger partial charge < -0.3 is 15.1 Å². The lowest BCUT2D eigenvalue weighted by Gasteiger charge is -2.15. The van der Waals surface area contributed by atoms with E-state index in [1.54, 1.807) is 36.2 Å². The van der Waals surface area contributed by atoms with Gasteiger partial charge >= 0.3 is 0 Å². The molecule has 2 N–H and O–H groups in total. The highest BCUT2D eigenvalue weighted by atomic mass is 16.3. The normalized spacial score (nSPS) is 10.7. The average Bonchev–Trinajstić information content (AvgIpc) is 2.89. The molecule has 4 heteroatoms. The number of fused-ring (bicyclic) bond motifs is 1. The third-order valence-electron chi connectivity index (χ3n) is 3.20. The lowest BCUT2D eigenvalue weighted by molar-refractivity contribution is 0.0968. The van der Waals surface area contributed by atoms with Crippen molar-refractivity contribution in [2.45, 2.75) is 0 Å². The predicted octanol–water partition coefficient (Wildman–Crippen LogP) is 3.29. The minimum absolute atomic E-state index is 0.189. The summed E-state index contributed by atoms with van der Waals surface area (Å²) in [7, 11) is 1.72. The maximum Gasteiger partial charge on any atom is 0.293 e. The standard InChI is InChI=1S/C16H14N2O2/c1-18(13-5-3-2-4-6-13)16(19)15-10-11-9-12(17)7-8-14(11)20-15/h2-10H,17H2,1H3. The van der Waals surface area contributed by atoms with E-state index in [0.717, 1.165) is 11.1 Å². The van der Waals surface area contributed by atoms with Crippen LogP contribution in [0.3, 0.4) is 0 Å². The molecule has 1 heterocycles. The number of nitrogen functional groups attached to an aromatic ring is 1. The molecule has 3 aromatic rings. The Balaban J connectivity index is 1.96. The number of furan rings is 1. The number of carbonyl (C=O) groups is 1. The van der Waals surface area contributed by atoms with Crippen LogP contribution in [-0.2, 0) is 0 Å². The Hall–Kier alpha value is -2.75. The first kappa shape index (κ1) is 12.3. The molecule has 100 valence electrons. The lowest BCUT2D eigenvalue weighted by atomic mass is 10.2. The van der Waals surface area contributed by atoms with Crippen molar-refractivity contribution in [3.63, 3.8) is 0 Å². The van der Waals surface area contributed by atoms with Gasteiger partial charge in [0, 0.05) is 23.8 Å². The molecule has 4 nitrogen and oxygen atoms in total. The van der Waals surface area contributed by atoms with E-state index in [1.165, 1.54) is 0 Å². The van der Waals surface area contributed by atoms with E-state index >= 15 is 0 Å². The molecule has 2 aromatic carbocycles. The van der Waals surface area contributed by atoms with Crippen molar-refractivity contribution in [3.8, 4) is 0 Å². The molecule has 0 unspecified atom stereocenters. The fraction of sp³-hybridized carbons (Fsp3) is 0.0625. The van der Waals surface area contributed by atoms with E-state index in [-0.39, 0.29) is 5.91 Å². The maximum atomic E-state index is 12.4. The van der Waals surface area contributed by atoms with E-state index < -0.39 is 0 Å². The fourth-order valence-corrected chi connectivity index (χ4v) is 2.10. The van der Waals surface area contributed by atoms with Crippen LogP contribution in [0.1, 0.15) is 10.6 Å². The zero-order chi connectivity index (χ0) is 14.1. The van der Waals surface area contributed by atoms with Gasteiger partial charge in [0.1, 0.15) is 5.58 Å². The van der Waals surface area contributed by atoms with Crippen molar-refractivity contribution in [3.05, 3.63) is 60.4 Å². The summed E-state index contributed by atoms with van der Waals surface area (Å²) in [5.74, 6) is 0.114. The Morgan fingerprint density at radius 3 is 2.60 bits per heavy atom. The Labute approximate surface area is 116 Å². The fourth-order valence-electron chi connectivity index (χ4n) is 2.10. The number of nitrogens with two attached hydrogens (primary N) is 1. The van der Waals surface area contributed by atoms with Crippen LogP contribution in [0.5, 0.6) is 0 Å². The SMILES string of the molecule is CN(C(=O)c1cc2cc(N)ccc2o1)c1ccccc1. The monoisotopic (exact) mass is 266 g/mol. The van der Waals surface area contributed by atoms with Crippen molar-refractivity contribution >= 4 is 28.3 Å². The van der Waals surface area contributed by atoms with E-state index in [1.807, 2.05) is 30.3 Å². The second kappa shape index (κ2) is 4.74. The van der Waals surface area contributed by atoms with Gasteiger partial charge in [-0.2, -0.15) is 0 Å². The summed E-state index contributed by atoms with van der Waals surface area (Å²) in [6.45, 7) is 0. The number of amides is 1. The molecule has 0 fully saturated rings. The number of hydrogen-bond donors (Lipinski definition) is 1. The van der Waals surface area contributed by atoms with E-state index in [9.17, 15) is 4.79 Å². The van der Waals surface area contributed by atoms with Gasteiger partial charge in [-0.15, -0.1) is 0 Å². The molecule has 0 aliphatic rings. The molecule has 0 aliphatic carbocycles. The summed E-state index contributed by atoms with van der Waals surface area (Å²) >= 11 is 0. The summed E-state index contributed by atoms with van der Waals surface area (Å²) in [5.41, 5.74) is 7.84. The summed E-state index contributed by atoms with van der Waals surface area (Å²) in [6, 6.07) is 16.5. The molecule has 3 rings (SSSR count). The van der Waals surface area contributed by atoms with Crippen LogP contribution in [0.4, 0.5) is 11.4 Å². The number of hydrogen-bond acceptors (Lipinski definition) is 3. The smallest absolute Gasteiger partial charge is 0.293 e. The Morgan fingerprint density at radius 1 is 1.10 bits per heavy atom. The largest absolute Gasteiger partial charge is 0.451 e. The van der Waals surface area contributed by atoms with Crippen LogP contribution in [0, 0.1) is 0 Å². The maximum absolute atomic E-state index is 12.4. The number of carbonyl (C=O) groups excluding carboxylic acids is 1. The minimum atomic E-state index is -0.189.